The first-order chi connectivity index (χ1) is 16.0. The van der Waals surface area contributed by atoms with Gasteiger partial charge < -0.3 is 11.1 Å². The topological polar surface area (TPSA) is 98.7 Å². The summed E-state index contributed by atoms with van der Waals surface area (Å²) in [4.78, 5) is 18.2. The molecule has 0 unspecified atom stereocenters. The Hall–Kier alpha value is -3.40. The molecule has 0 fully saturated rings. The summed E-state index contributed by atoms with van der Waals surface area (Å²) in [5.41, 5.74) is 6.23. The number of carbonyl (C=O) groups is 1. The number of rotatable bonds is 5. The molecule has 4 rings (SSSR count). The quantitative estimate of drug-likeness (QED) is 0.382. The molecule has 3 N–H and O–H groups in total. The third-order valence-corrected chi connectivity index (χ3v) is 5.55. The molecule has 4 aromatic rings. The van der Waals surface area contributed by atoms with Gasteiger partial charge in [0.05, 0.1) is 39.9 Å². The Morgan fingerprint density at radius 1 is 1.03 bits per heavy atom. The first kappa shape index (κ1) is 23.7. The van der Waals surface area contributed by atoms with Gasteiger partial charge in [-0.15, -0.1) is 4.80 Å². The number of benzene rings is 2. The van der Waals surface area contributed by atoms with Crippen LogP contribution in [0, 0.1) is 11.6 Å². The lowest BCUT2D eigenvalue weighted by Crippen LogP contribution is -2.29. The van der Waals surface area contributed by atoms with E-state index in [4.69, 9.17) is 28.9 Å². The SMILES string of the molecule is CC(C)(N)c1cc(F)ccc1-c1cc(Cl)c(C(=O)Nc2cnc(-n3nccn3)c(Cl)c2)cc1F. The standard InChI is InChI=1S/C23H18Cl2F2N6O/c1-23(2,28)17-7-12(26)3-4-14(17)15-9-18(24)16(10-20(15)27)22(34)32-13-8-19(25)21(29-11-13)33-30-5-6-31-33/h3-11H,28H2,1-2H3,(H,32,34). The second-order valence-corrected chi connectivity index (χ2v) is 8.84. The van der Waals surface area contributed by atoms with Crippen LogP contribution in [0.5, 0.6) is 0 Å². The number of hydrogen-bond donors (Lipinski definition) is 2. The van der Waals surface area contributed by atoms with Crippen LogP contribution in [-0.4, -0.2) is 25.9 Å². The van der Waals surface area contributed by atoms with E-state index in [1.807, 2.05) is 0 Å². The first-order valence-corrected chi connectivity index (χ1v) is 10.7. The van der Waals surface area contributed by atoms with E-state index in [-0.39, 0.29) is 32.7 Å². The van der Waals surface area contributed by atoms with Crippen molar-refractivity contribution in [1.82, 2.24) is 20.0 Å². The maximum Gasteiger partial charge on any atom is 0.257 e. The second-order valence-electron chi connectivity index (χ2n) is 8.03. The molecule has 2 aromatic heterocycles. The van der Waals surface area contributed by atoms with Crippen LogP contribution in [0.1, 0.15) is 29.8 Å². The van der Waals surface area contributed by atoms with Crippen molar-refractivity contribution in [2.75, 3.05) is 5.32 Å². The molecule has 11 heteroatoms. The highest BCUT2D eigenvalue weighted by molar-refractivity contribution is 6.35. The zero-order chi connectivity index (χ0) is 24.6. The van der Waals surface area contributed by atoms with Crippen LogP contribution in [-0.2, 0) is 5.54 Å². The first-order valence-electron chi connectivity index (χ1n) is 9.96. The lowest BCUT2D eigenvalue weighted by Gasteiger charge is -2.23. The van der Waals surface area contributed by atoms with Crippen molar-refractivity contribution in [2.24, 2.45) is 5.73 Å². The summed E-state index contributed by atoms with van der Waals surface area (Å²) in [7, 11) is 0. The van der Waals surface area contributed by atoms with Gasteiger partial charge in [-0.05, 0) is 55.3 Å². The fourth-order valence-electron chi connectivity index (χ4n) is 3.38. The summed E-state index contributed by atoms with van der Waals surface area (Å²) in [6.07, 6.45) is 4.30. The van der Waals surface area contributed by atoms with Gasteiger partial charge in [-0.25, -0.2) is 13.8 Å². The third-order valence-electron chi connectivity index (χ3n) is 4.96. The maximum atomic E-state index is 15.1. The molecule has 0 aliphatic rings. The number of anilines is 1. The zero-order valence-electron chi connectivity index (χ0n) is 18.0. The van der Waals surface area contributed by atoms with Gasteiger partial charge >= 0.3 is 0 Å². The third kappa shape index (κ3) is 4.77. The predicted molar refractivity (Wildman–Crippen MR) is 126 cm³/mol. The van der Waals surface area contributed by atoms with Crippen molar-refractivity contribution >= 4 is 34.8 Å². The normalized spacial score (nSPS) is 11.5. The fraction of sp³-hybridized carbons (Fsp3) is 0.130. The lowest BCUT2D eigenvalue weighted by molar-refractivity contribution is 0.102. The van der Waals surface area contributed by atoms with Gasteiger partial charge in [0.25, 0.3) is 5.91 Å². The predicted octanol–water partition coefficient (Wildman–Crippen LogP) is 5.36. The Morgan fingerprint density at radius 2 is 1.74 bits per heavy atom. The highest BCUT2D eigenvalue weighted by Crippen LogP contribution is 2.35. The molecule has 2 heterocycles. The van der Waals surface area contributed by atoms with E-state index in [1.165, 1.54) is 53.7 Å². The number of halogens is 4. The van der Waals surface area contributed by atoms with Gasteiger partial charge in [-0.1, -0.05) is 29.3 Å². The maximum absolute atomic E-state index is 15.1. The Kier molecular flexibility index (Phi) is 6.35. The molecule has 0 radical (unpaired) electrons. The van der Waals surface area contributed by atoms with Gasteiger partial charge in [-0.2, -0.15) is 10.2 Å². The number of pyridine rings is 1. The minimum Gasteiger partial charge on any atom is -0.322 e. The second kappa shape index (κ2) is 9.09. The number of aromatic nitrogens is 4. The largest absolute Gasteiger partial charge is 0.322 e. The summed E-state index contributed by atoms with van der Waals surface area (Å²) in [5, 5.41) is 10.7. The van der Waals surface area contributed by atoms with Gasteiger partial charge in [-0.3, -0.25) is 4.79 Å². The van der Waals surface area contributed by atoms with Crippen LogP contribution >= 0.6 is 23.2 Å². The average Bonchev–Trinajstić information content (AvgIpc) is 3.29. The number of carbonyl (C=O) groups excluding carboxylic acids is 1. The summed E-state index contributed by atoms with van der Waals surface area (Å²) >= 11 is 12.6. The van der Waals surface area contributed by atoms with Crippen LogP contribution in [0.3, 0.4) is 0 Å². The van der Waals surface area contributed by atoms with Crippen LogP contribution in [0.4, 0.5) is 14.5 Å². The van der Waals surface area contributed by atoms with E-state index in [9.17, 15) is 9.18 Å². The number of amides is 1. The van der Waals surface area contributed by atoms with E-state index in [2.05, 4.69) is 20.5 Å². The highest BCUT2D eigenvalue weighted by atomic mass is 35.5. The Balaban J connectivity index is 1.64. The van der Waals surface area contributed by atoms with Crippen molar-refractivity contribution in [3.63, 3.8) is 0 Å². The van der Waals surface area contributed by atoms with E-state index in [1.54, 1.807) is 13.8 Å². The summed E-state index contributed by atoms with van der Waals surface area (Å²) in [6.45, 7) is 3.36. The number of nitrogens with two attached hydrogens (primary N) is 1. The van der Waals surface area contributed by atoms with Crippen molar-refractivity contribution in [3.8, 4) is 16.9 Å². The van der Waals surface area contributed by atoms with Crippen molar-refractivity contribution in [3.05, 3.63) is 87.8 Å². The molecule has 0 saturated carbocycles. The lowest BCUT2D eigenvalue weighted by atomic mass is 9.87. The van der Waals surface area contributed by atoms with Crippen LogP contribution in [0.25, 0.3) is 16.9 Å². The van der Waals surface area contributed by atoms with Crippen molar-refractivity contribution in [2.45, 2.75) is 19.4 Å². The average molecular weight is 503 g/mol. The molecule has 1 amide bonds. The summed E-state index contributed by atoms with van der Waals surface area (Å²) in [5.74, 6) is -1.61. The Labute approximate surface area is 203 Å². The molecule has 0 saturated heterocycles. The van der Waals surface area contributed by atoms with Gasteiger partial charge in [0.2, 0.25) is 0 Å². The van der Waals surface area contributed by atoms with E-state index >= 15 is 4.39 Å². The minimum atomic E-state index is -0.948. The number of nitrogens with one attached hydrogen (secondary N) is 1. The summed E-state index contributed by atoms with van der Waals surface area (Å²) in [6, 6.07) is 7.67. The zero-order valence-corrected chi connectivity index (χ0v) is 19.5. The highest BCUT2D eigenvalue weighted by Gasteiger charge is 2.24. The molecule has 7 nitrogen and oxygen atoms in total. The molecule has 0 aliphatic heterocycles. The minimum absolute atomic E-state index is 0.00424. The molecular formula is C23H18Cl2F2N6O. The Morgan fingerprint density at radius 3 is 2.38 bits per heavy atom. The molecule has 34 heavy (non-hydrogen) atoms. The van der Waals surface area contributed by atoms with Crippen LogP contribution in [0.2, 0.25) is 10.0 Å². The van der Waals surface area contributed by atoms with E-state index in [0.717, 1.165) is 6.07 Å². The molecule has 0 bridgehead atoms. The monoisotopic (exact) mass is 502 g/mol. The Bertz CT molecular complexity index is 1390. The van der Waals surface area contributed by atoms with Crippen molar-refractivity contribution < 1.29 is 13.6 Å². The fourth-order valence-corrected chi connectivity index (χ4v) is 3.87. The van der Waals surface area contributed by atoms with Gasteiger partial charge in [0.1, 0.15) is 11.6 Å². The van der Waals surface area contributed by atoms with Crippen LogP contribution in [0.15, 0.2) is 55.0 Å². The smallest absolute Gasteiger partial charge is 0.257 e. The number of nitrogens with zero attached hydrogens (tertiary/aromatic N) is 4. The summed E-state index contributed by atoms with van der Waals surface area (Å²) < 4.78 is 29.0. The van der Waals surface area contributed by atoms with Gasteiger partial charge in [0.15, 0.2) is 5.82 Å². The van der Waals surface area contributed by atoms with Crippen LogP contribution < -0.4 is 11.1 Å². The number of hydrogen-bond acceptors (Lipinski definition) is 5. The molecule has 0 aliphatic carbocycles. The van der Waals surface area contributed by atoms with E-state index < -0.39 is 23.1 Å². The van der Waals surface area contributed by atoms with E-state index in [0.29, 0.717) is 11.1 Å². The molecule has 0 spiro atoms. The molecule has 2 aromatic carbocycles. The molecule has 0 atom stereocenters. The van der Waals surface area contributed by atoms with Crippen molar-refractivity contribution in [1.29, 1.82) is 0 Å². The van der Waals surface area contributed by atoms with Gasteiger partial charge in [0, 0.05) is 11.1 Å². The molecular weight excluding hydrogens is 485 g/mol. The molecule has 174 valence electrons.